The Morgan fingerprint density at radius 1 is 0.929 bits per heavy atom. The lowest BCUT2D eigenvalue weighted by molar-refractivity contribution is 0.102. The third-order valence-electron chi connectivity index (χ3n) is 3.72. The van der Waals surface area contributed by atoms with Crippen LogP contribution in [0.1, 0.15) is 10.4 Å². The van der Waals surface area contributed by atoms with Crippen molar-refractivity contribution in [3.8, 4) is 0 Å². The Bertz CT molecular complexity index is 1140. The molecule has 0 unspecified atom stereocenters. The van der Waals surface area contributed by atoms with Crippen molar-refractivity contribution in [2.75, 3.05) is 10.0 Å². The van der Waals surface area contributed by atoms with E-state index in [2.05, 4.69) is 26.0 Å². The fourth-order valence-corrected chi connectivity index (χ4v) is 4.06. The van der Waals surface area contributed by atoms with Gasteiger partial charge in [-0.1, -0.05) is 35.3 Å². The lowest BCUT2D eigenvalue weighted by Crippen LogP contribution is -2.18. The molecule has 0 spiro atoms. The monoisotopic (exact) mass is 498 g/mol. The molecule has 0 saturated heterocycles. The summed E-state index contributed by atoms with van der Waals surface area (Å²) in [6.45, 7) is 0. The average Bonchev–Trinajstić information content (AvgIpc) is 2.65. The summed E-state index contributed by atoms with van der Waals surface area (Å²) in [5, 5.41) is 3.65. The van der Waals surface area contributed by atoms with Gasteiger partial charge in [-0.05, 0) is 70.5 Å². The Morgan fingerprint density at radius 2 is 1.61 bits per heavy atom. The molecule has 0 atom stereocenters. The van der Waals surface area contributed by atoms with E-state index < -0.39 is 15.9 Å². The van der Waals surface area contributed by atoms with Crippen molar-refractivity contribution in [2.45, 2.75) is 4.90 Å². The first-order valence-corrected chi connectivity index (χ1v) is 10.9. The van der Waals surface area contributed by atoms with E-state index in [1.165, 1.54) is 36.4 Å². The van der Waals surface area contributed by atoms with Crippen LogP contribution >= 0.6 is 39.1 Å². The topological polar surface area (TPSA) is 75.3 Å². The third-order valence-corrected chi connectivity index (χ3v) is 6.56. The van der Waals surface area contributed by atoms with Gasteiger partial charge in [0.25, 0.3) is 15.9 Å². The molecule has 0 saturated carbocycles. The Balaban J connectivity index is 1.87. The number of anilines is 2. The molecular formula is C19H13BrCl2N2O3S. The van der Waals surface area contributed by atoms with Crippen LogP contribution in [0.25, 0.3) is 0 Å². The van der Waals surface area contributed by atoms with Crippen LogP contribution < -0.4 is 10.0 Å². The highest BCUT2D eigenvalue weighted by atomic mass is 79.9. The first-order valence-electron chi connectivity index (χ1n) is 7.90. The Kier molecular flexibility index (Phi) is 6.30. The Labute approximate surface area is 180 Å². The maximum atomic E-state index is 12.7. The van der Waals surface area contributed by atoms with Gasteiger partial charge in [-0.25, -0.2) is 8.42 Å². The standard InChI is InChI=1S/C19H13BrCl2N2O3S/c20-16-11-13(7-10-17(16)22)23-19(25)15-3-1-2-4-18(15)24-28(26,27)14-8-5-12(21)6-9-14/h1-11,24H,(H,23,25). The van der Waals surface area contributed by atoms with Crippen molar-refractivity contribution in [3.05, 3.63) is 86.8 Å². The highest BCUT2D eigenvalue weighted by molar-refractivity contribution is 9.10. The van der Waals surface area contributed by atoms with E-state index in [0.717, 1.165) is 0 Å². The second-order valence-corrected chi connectivity index (χ2v) is 9.07. The van der Waals surface area contributed by atoms with Crippen LogP contribution in [0.5, 0.6) is 0 Å². The lowest BCUT2D eigenvalue weighted by Gasteiger charge is -2.13. The van der Waals surface area contributed by atoms with Gasteiger partial charge in [0.05, 0.1) is 21.2 Å². The summed E-state index contributed by atoms with van der Waals surface area (Å²) in [4.78, 5) is 12.7. The van der Waals surface area contributed by atoms with Crippen LogP contribution in [0.4, 0.5) is 11.4 Å². The molecule has 0 aliphatic rings. The van der Waals surface area contributed by atoms with Crippen LogP contribution in [0.2, 0.25) is 10.0 Å². The number of hydrogen-bond donors (Lipinski definition) is 2. The molecule has 3 rings (SSSR count). The minimum atomic E-state index is -3.88. The number of halogens is 3. The van der Waals surface area contributed by atoms with Crippen molar-refractivity contribution in [1.82, 2.24) is 0 Å². The number of carbonyl (C=O) groups excluding carboxylic acids is 1. The third kappa shape index (κ3) is 4.86. The highest BCUT2D eigenvalue weighted by Crippen LogP contribution is 2.27. The Morgan fingerprint density at radius 3 is 2.29 bits per heavy atom. The summed E-state index contributed by atoms with van der Waals surface area (Å²) in [5.74, 6) is -0.469. The molecule has 5 nitrogen and oxygen atoms in total. The molecule has 28 heavy (non-hydrogen) atoms. The number of sulfonamides is 1. The second kappa shape index (κ2) is 8.53. The van der Waals surface area contributed by atoms with Gasteiger partial charge in [0.2, 0.25) is 0 Å². The molecule has 0 heterocycles. The first kappa shape index (κ1) is 20.7. The molecule has 0 fully saturated rings. The molecule has 1 amide bonds. The highest BCUT2D eigenvalue weighted by Gasteiger charge is 2.19. The SMILES string of the molecule is O=C(Nc1ccc(Cl)c(Br)c1)c1ccccc1NS(=O)(=O)c1ccc(Cl)cc1. The van der Waals surface area contributed by atoms with Crippen molar-refractivity contribution in [2.24, 2.45) is 0 Å². The number of carbonyl (C=O) groups is 1. The zero-order chi connectivity index (χ0) is 20.3. The summed E-state index contributed by atoms with van der Waals surface area (Å²) in [6, 6.07) is 17.0. The van der Waals surface area contributed by atoms with E-state index in [4.69, 9.17) is 23.2 Å². The second-order valence-electron chi connectivity index (χ2n) is 5.69. The van der Waals surface area contributed by atoms with Gasteiger partial charge in [0.15, 0.2) is 0 Å². The molecule has 144 valence electrons. The minimum absolute atomic E-state index is 0.0359. The van der Waals surface area contributed by atoms with Gasteiger partial charge in [-0.3, -0.25) is 9.52 Å². The zero-order valence-corrected chi connectivity index (χ0v) is 18.0. The van der Waals surface area contributed by atoms with Crippen LogP contribution in [0.15, 0.2) is 76.1 Å². The fourth-order valence-electron chi connectivity index (χ4n) is 2.36. The van der Waals surface area contributed by atoms with E-state index in [1.54, 1.807) is 30.3 Å². The van der Waals surface area contributed by atoms with E-state index >= 15 is 0 Å². The molecule has 0 aliphatic heterocycles. The van der Waals surface area contributed by atoms with Crippen LogP contribution in [-0.2, 0) is 10.0 Å². The van der Waals surface area contributed by atoms with Gasteiger partial charge >= 0.3 is 0 Å². The summed E-state index contributed by atoms with van der Waals surface area (Å²) in [5.41, 5.74) is 0.839. The van der Waals surface area contributed by atoms with Gasteiger partial charge in [-0.2, -0.15) is 0 Å². The van der Waals surface area contributed by atoms with Crippen molar-refractivity contribution < 1.29 is 13.2 Å². The number of amides is 1. The summed E-state index contributed by atoms with van der Waals surface area (Å²) < 4.78 is 28.3. The zero-order valence-electron chi connectivity index (χ0n) is 14.1. The van der Waals surface area contributed by atoms with Gasteiger partial charge < -0.3 is 5.32 Å². The van der Waals surface area contributed by atoms with Crippen LogP contribution in [-0.4, -0.2) is 14.3 Å². The van der Waals surface area contributed by atoms with Crippen LogP contribution in [0, 0.1) is 0 Å². The summed E-state index contributed by atoms with van der Waals surface area (Å²) in [6.07, 6.45) is 0. The molecule has 9 heteroatoms. The smallest absolute Gasteiger partial charge is 0.261 e. The molecular weight excluding hydrogens is 487 g/mol. The van der Waals surface area contributed by atoms with Crippen LogP contribution in [0.3, 0.4) is 0 Å². The molecule has 0 radical (unpaired) electrons. The van der Waals surface area contributed by atoms with E-state index in [-0.39, 0.29) is 16.1 Å². The molecule has 3 aromatic rings. The average molecular weight is 500 g/mol. The maximum absolute atomic E-state index is 12.7. The molecule has 0 aliphatic carbocycles. The normalized spacial score (nSPS) is 11.1. The van der Waals surface area contributed by atoms with E-state index in [0.29, 0.717) is 20.2 Å². The van der Waals surface area contributed by atoms with Crippen molar-refractivity contribution in [3.63, 3.8) is 0 Å². The fraction of sp³-hybridized carbons (Fsp3) is 0. The quantitative estimate of drug-likeness (QED) is 0.465. The number of hydrogen-bond acceptors (Lipinski definition) is 3. The van der Waals surface area contributed by atoms with Gasteiger partial charge in [0, 0.05) is 15.2 Å². The molecule has 0 bridgehead atoms. The summed E-state index contributed by atoms with van der Waals surface area (Å²) >= 11 is 15.1. The Hall–Kier alpha value is -2.06. The van der Waals surface area contributed by atoms with Gasteiger partial charge in [0.1, 0.15) is 0 Å². The van der Waals surface area contributed by atoms with Crippen molar-refractivity contribution >= 4 is 66.4 Å². The maximum Gasteiger partial charge on any atom is 0.261 e. The molecule has 3 aromatic carbocycles. The number of nitrogens with one attached hydrogen (secondary N) is 2. The van der Waals surface area contributed by atoms with Gasteiger partial charge in [-0.15, -0.1) is 0 Å². The minimum Gasteiger partial charge on any atom is -0.322 e. The predicted octanol–water partition coefficient (Wildman–Crippen LogP) is 5.81. The van der Waals surface area contributed by atoms with Crippen molar-refractivity contribution in [1.29, 1.82) is 0 Å². The molecule has 0 aromatic heterocycles. The number of rotatable bonds is 5. The first-order chi connectivity index (χ1) is 13.3. The number of para-hydroxylation sites is 1. The summed E-state index contributed by atoms with van der Waals surface area (Å²) in [7, 11) is -3.88. The van der Waals surface area contributed by atoms with E-state index in [9.17, 15) is 13.2 Å². The largest absolute Gasteiger partial charge is 0.322 e. The van der Waals surface area contributed by atoms with E-state index in [1.807, 2.05) is 0 Å². The lowest BCUT2D eigenvalue weighted by atomic mass is 10.1. The number of benzene rings is 3. The molecule has 2 N–H and O–H groups in total. The predicted molar refractivity (Wildman–Crippen MR) is 116 cm³/mol.